The Hall–Kier alpha value is -4.16. The predicted molar refractivity (Wildman–Crippen MR) is 182 cm³/mol. The van der Waals surface area contributed by atoms with Gasteiger partial charge in [-0.25, -0.2) is 9.37 Å². The zero-order chi connectivity index (χ0) is 31.2. The number of nitrogens with zero attached hydrogens (tertiary/aromatic N) is 1. The average molecular weight is 583 g/mol. The van der Waals surface area contributed by atoms with E-state index >= 15 is 4.39 Å². The van der Waals surface area contributed by atoms with Crippen LogP contribution in [0.25, 0.3) is 16.7 Å². The van der Waals surface area contributed by atoms with E-state index in [1.807, 2.05) is 39.0 Å². The summed E-state index contributed by atoms with van der Waals surface area (Å²) < 4.78 is 16.1. The Kier molecular flexibility index (Phi) is 10.5. The van der Waals surface area contributed by atoms with Crippen LogP contribution in [0.5, 0.6) is 0 Å². The van der Waals surface area contributed by atoms with E-state index in [4.69, 9.17) is 10.7 Å². The lowest BCUT2D eigenvalue weighted by Gasteiger charge is -2.21. The molecule has 0 aliphatic carbocycles. The molecule has 220 valence electrons. The fourth-order valence-corrected chi connectivity index (χ4v) is 5.66. The van der Waals surface area contributed by atoms with E-state index in [1.54, 1.807) is 35.6 Å². The first-order valence-electron chi connectivity index (χ1n) is 13.9. The number of nitrogens with two attached hydrogens (primary N) is 1. The lowest BCUT2D eigenvalue weighted by atomic mass is 9.91. The molecule has 0 fully saturated rings. The number of aryl methyl sites for hydroxylation is 1. The summed E-state index contributed by atoms with van der Waals surface area (Å²) in [4.78, 5) is 10.4. The van der Waals surface area contributed by atoms with Crippen molar-refractivity contribution >= 4 is 33.7 Å². The Morgan fingerprint density at radius 1 is 1.14 bits per heavy atom. The summed E-state index contributed by atoms with van der Waals surface area (Å²) in [6.45, 7) is 28.3. The molecule has 3 aromatic rings. The highest BCUT2D eigenvalue weighted by Gasteiger charge is 2.20. The number of rotatable bonds is 12. The number of allylic oxidation sites excluding steroid dienone is 8. The number of hydrogen-bond donors (Lipinski definition) is 3. The molecule has 1 aromatic carbocycles. The second-order valence-electron chi connectivity index (χ2n) is 11.6. The number of halogens is 1. The fourth-order valence-electron chi connectivity index (χ4n) is 4.70. The number of imidazole rings is 1. The van der Waals surface area contributed by atoms with Crippen LogP contribution in [0.4, 0.5) is 10.1 Å². The van der Waals surface area contributed by atoms with Crippen LogP contribution in [0.1, 0.15) is 79.1 Å². The summed E-state index contributed by atoms with van der Waals surface area (Å²) in [5.41, 5.74) is 13.6. The van der Waals surface area contributed by atoms with Crippen LogP contribution in [-0.4, -0.2) is 9.97 Å². The Morgan fingerprint density at radius 3 is 2.40 bits per heavy atom. The SMILES string of the molecule is C=C/C=C(/c1ccc(C(=C)C)s1)c1nc(Cc2c(N)ccc(C(/C=C(\C=C)NC(=C)CC(C)(C)C)=C/C)c2F)[nH]c1C. The summed E-state index contributed by atoms with van der Waals surface area (Å²) >= 11 is 1.65. The fraction of sp³-hybridized carbons (Fsp3) is 0.250. The molecule has 0 bridgehead atoms. The van der Waals surface area contributed by atoms with E-state index in [0.717, 1.165) is 50.1 Å². The summed E-state index contributed by atoms with van der Waals surface area (Å²) in [5.74, 6) is 0.250. The summed E-state index contributed by atoms with van der Waals surface area (Å²) in [7, 11) is 0. The molecule has 0 radical (unpaired) electrons. The minimum atomic E-state index is -0.377. The molecule has 0 atom stereocenters. The third-order valence-electron chi connectivity index (χ3n) is 6.61. The number of aromatic nitrogens is 2. The normalized spacial score (nSPS) is 12.8. The van der Waals surface area contributed by atoms with E-state index in [1.165, 1.54) is 0 Å². The van der Waals surface area contributed by atoms with Gasteiger partial charge in [0.2, 0.25) is 0 Å². The lowest BCUT2D eigenvalue weighted by molar-refractivity contribution is 0.403. The van der Waals surface area contributed by atoms with Crippen molar-refractivity contribution < 1.29 is 4.39 Å². The first-order chi connectivity index (χ1) is 19.8. The molecule has 0 saturated heterocycles. The molecule has 42 heavy (non-hydrogen) atoms. The Morgan fingerprint density at radius 2 is 1.83 bits per heavy atom. The summed E-state index contributed by atoms with van der Waals surface area (Å²) in [6.07, 6.45) is 10.2. The number of thiophene rings is 1. The van der Waals surface area contributed by atoms with Crippen LogP contribution in [0.15, 0.2) is 92.4 Å². The maximum atomic E-state index is 16.1. The molecule has 0 spiro atoms. The van der Waals surface area contributed by atoms with Gasteiger partial charge in [-0.3, -0.25) is 0 Å². The zero-order valence-corrected chi connectivity index (χ0v) is 26.6. The van der Waals surface area contributed by atoms with Gasteiger partial charge in [0.15, 0.2) is 0 Å². The van der Waals surface area contributed by atoms with Gasteiger partial charge in [-0.15, -0.1) is 11.3 Å². The molecule has 6 heteroatoms. The predicted octanol–water partition coefficient (Wildman–Crippen LogP) is 9.76. The van der Waals surface area contributed by atoms with Crippen LogP contribution in [0.2, 0.25) is 0 Å². The molecule has 0 aliphatic rings. The van der Waals surface area contributed by atoms with Crippen LogP contribution in [-0.2, 0) is 6.42 Å². The molecule has 0 saturated carbocycles. The number of H-pyrrole nitrogens is 1. The molecule has 2 aromatic heterocycles. The lowest BCUT2D eigenvalue weighted by Crippen LogP contribution is -2.16. The molecule has 0 amide bonds. The standard InChI is InChI=1S/C36H43FN4S/c1-11-14-28(32-18-17-31(42-32)22(4)5)35-24(7)40-33(41-35)20-29-30(38)16-15-27(34(29)37)25(12-2)19-26(13-3)39-23(6)21-36(8,9)10/h11-19,39H,1,3-4,6,20-21,38H2,2,5,7-10H3,(H,40,41)/b25-12+,26-19+,28-14-. The van der Waals surface area contributed by atoms with Crippen molar-refractivity contribution in [1.82, 2.24) is 15.3 Å². The number of benzene rings is 1. The van der Waals surface area contributed by atoms with E-state index < -0.39 is 0 Å². The topological polar surface area (TPSA) is 66.7 Å². The van der Waals surface area contributed by atoms with E-state index in [9.17, 15) is 0 Å². The van der Waals surface area contributed by atoms with Gasteiger partial charge in [-0.2, -0.15) is 0 Å². The van der Waals surface area contributed by atoms with E-state index in [2.05, 4.69) is 69.5 Å². The molecule has 4 N–H and O–H groups in total. The van der Waals surface area contributed by atoms with Crippen molar-refractivity contribution in [3.8, 4) is 0 Å². The highest BCUT2D eigenvalue weighted by molar-refractivity contribution is 7.14. The molecule has 2 heterocycles. The molecule has 0 unspecified atom stereocenters. The Balaban J connectivity index is 1.96. The maximum Gasteiger partial charge on any atom is 0.136 e. The van der Waals surface area contributed by atoms with Crippen LogP contribution < -0.4 is 11.1 Å². The number of hydrogen-bond acceptors (Lipinski definition) is 4. The second-order valence-corrected chi connectivity index (χ2v) is 12.7. The van der Waals surface area contributed by atoms with Gasteiger partial charge < -0.3 is 16.0 Å². The monoisotopic (exact) mass is 582 g/mol. The number of nitrogen functional groups attached to an aromatic ring is 1. The van der Waals surface area contributed by atoms with Crippen LogP contribution in [0, 0.1) is 18.2 Å². The van der Waals surface area contributed by atoms with Crippen LogP contribution >= 0.6 is 11.3 Å². The third kappa shape index (κ3) is 7.98. The smallest absolute Gasteiger partial charge is 0.136 e. The van der Waals surface area contributed by atoms with Gasteiger partial charge in [-0.05, 0) is 80.2 Å². The highest BCUT2D eigenvalue weighted by atomic mass is 32.1. The number of nitrogens with one attached hydrogen (secondary N) is 2. The van der Waals surface area contributed by atoms with Crippen molar-refractivity contribution in [1.29, 1.82) is 0 Å². The second kappa shape index (κ2) is 13.7. The Labute approximate surface area is 254 Å². The van der Waals surface area contributed by atoms with Gasteiger partial charge in [0.25, 0.3) is 0 Å². The molecule has 4 nitrogen and oxygen atoms in total. The van der Waals surface area contributed by atoms with Crippen molar-refractivity contribution in [2.24, 2.45) is 5.41 Å². The quantitative estimate of drug-likeness (QED) is 0.147. The van der Waals surface area contributed by atoms with Crippen molar-refractivity contribution in [3.63, 3.8) is 0 Å². The van der Waals surface area contributed by atoms with Gasteiger partial charge in [0.1, 0.15) is 11.6 Å². The van der Waals surface area contributed by atoms with Crippen molar-refractivity contribution in [2.45, 2.75) is 54.4 Å². The summed E-state index contributed by atoms with van der Waals surface area (Å²) in [6, 6.07) is 7.58. The van der Waals surface area contributed by atoms with E-state index in [-0.39, 0.29) is 17.7 Å². The molecular weight excluding hydrogens is 539 g/mol. The maximum absolute atomic E-state index is 16.1. The van der Waals surface area contributed by atoms with Gasteiger partial charge in [0, 0.05) is 55.7 Å². The zero-order valence-electron chi connectivity index (χ0n) is 25.7. The first kappa shape index (κ1) is 32.4. The largest absolute Gasteiger partial charge is 0.398 e. The number of anilines is 1. The van der Waals surface area contributed by atoms with Gasteiger partial charge in [-0.1, -0.05) is 65.3 Å². The third-order valence-corrected chi connectivity index (χ3v) is 7.89. The average Bonchev–Trinajstić information content (AvgIpc) is 3.54. The van der Waals surface area contributed by atoms with Crippen LogP contribution in [0.3, 0.4) is 0 Å². The van der Waals surface area contributed by atoms with E-state index in [0.29, 0.717) is 28.2 Å². The minimum Gasteiger partial charge on any atom is -0.398 e. The highest BCUT2D eigenvalue weighted by Crippen LogP contribution is 2.34. The minimum absolute atomic E-state index is 0.0847. The molecule has 0 aliphatic heterocycles. The summed E-state index contributed by atoms with van der Waals surface area (Å²) in [5, 5.41) is 3.32. The molecule has 3 rings (SSSR count). The van der Waals surface area contributed by atoms with Crippen molar-refractivity contribution in [2.75, 3.05) is 5.73 Å². The Bertz CT molecular complexity index is 1600. The van der Waals surface area contributed by atoms with Gasteiger partial charge >= 0.3 is 0 Å². The first-order valence-corrected chi connectivity index (χ1v) is 14.8. The molecular formula is C36H43FN4S. The number of aromatic amines is 1. The van der Waals surface area contributed by atoms with Crippen molar-refractivity contribution in [3.05, 3.63) is 136 Å². The van der Waals surface area contributed by atoms with Gasteiger partial charge in [0.05, 0.1) is 5.69 Å².